The number of fused-ring (bicyclic) bond motifs is 1. The van der Waals surface area contributed by atoms with Crippen molar-refractivity contribution in [2.24, 2.45) is 0 Å². The molecule has 0 radical (unpaired) electrons. The Bertz CT molecular complexity index is 1020. The zero-order valence-corrected chi connectivity index (χ0v) is 15.2. The SMILES string of the molecule is Cc1cc(-c2ccc(Br)cc2)n2nc(-c3ccc(Cl)cc3)cc2n1. The molecule has 3 nitrogen and oxygen atoms in total. The van der Waals surface area contributed by atoms with Crippen molar-refractivity contribution in [2.75, 3.05) is 0 Å². The number of hydrogen-bond donors (Lipinski definition) is 0. The normalized spacial score (nSPS) is 11.1. The van der Waals surface area contributed by atoms with Gasteiger partial charge in [0.1, 0.15) is 0 Å². The van der Waals surface area contributed by atoms with Gasteiger partial charge >= 0.3 is 0 Å². The van der Waals surface area contributed by atoms with Gasteiger partial charge in [0.15, 0.2) is 5.65 Å². The Labute approximate surface area is 153 Å². The largest absolute Gasteiger partial charge is 0.234 e. The second-order valence-corrected chi connectivity index (χ2v) is 6.95. The lowest BCUT2D eigenvalue weighted by Crippen LogP contribution is -1.98. The Morgan fingerprint density at radius 2 is 1.58 bits per heavy atom. The molecule has 0 fully saturated rings. The molecular formula is C19H13BrClN3. The Morgan fingerprint density at radius 3 is 2.29 bits per heavy atom. The molecule has 2 heterocycles. The maximum Gasteiger partial charge on any atom is 0.156 e. The first kappa shape index (κ1) is 15.4. The number of aromatic nitrogens is 3. The lowest BCUT2D eigenvalue weighted by Gasteiger charge is -2.06. The van der Waals surface area contributed by atoms with Crippen molar-refractivity contribution < 1.29 is 0 Å². The molecule has 0 aliphatic rings. The lowest BCUT2D eigenvalue weighted by atomic mass is 10.1. The predicted molar refractivity (Wildman–Crippen MR) is 101 cm³/mol. The third-order valence-electron chi connectivity index (χ3n) is 3.84. The quantitative estimate of drug-likeness (QED) is 0.428. The minimum atomic E-state index is 0.715. The molecule has 0 spiro atoms. The molecule has 2 aromatic heterocycles. The van der Waals surface area contributed by atoms with E-state index in [2.05, 4.69) is 39.1 Å². The Morgan fingerprint density at radius 1 is 0.917 bits per heavy atom. The molecule has 0 aliphatic heterocycles. The van der Waals surface area contributed by atoms with Crippen molar-refractivity contribution in [3.8, 4) is 22.5 Å². The van der Waals surface area contributed by atoms with Crippen LogP contribution in [-0.4, -0.2) is 14.6 Å². The zero-order chi connectivity index (χ0) is 16.7. The van der Waals surface area contributed by atoms with Crippen LogP contribution in [0.4, 0.5) is 0 Å². The molecule has 4 aromatic rings. The first-order valence-electron chi connectivity index (χ1n) is 7.49. The summed E-state index contributed by atoms with van der Waals surface area (Å²) in [4.78, 5) is 4.61. The van der Waals surface area contributed by atoms with Gasteiger partial charge in [-0.15, -0.1) is 0 Å². The molecule has 0 amide bonds. The zero-order valence-electron chi connectivity index (χ0n) is 12.9. The Hall–Kier alpha value is -2.17. The van der Waals surface area contributed by atoms with Crippen molar-refractivity contribution in [1.82, 2.24) is 14.6 Å². The molecule has 0 unspecified atom stereocenters. The Kier molecular flexibility index (Phi) is 3.87. The molecule has 0 N–H and O–H groups in total. The number of aryl methyl sites for hydroxylation is 1. The molecule has 5 heteroatoms. The van der Waals surface area contributed by atoms with Crippen LogP contribution in [-0.2, 0) is 0 Å². The second kappa shape index (κ2) is 6.04. The van der Waals surface area contributed by atoms with Crippen molar-refractivity contribution in [2.45, 2.75) is 6.92 Å². The molecule has 4 rings (SSSR count). The minimum Gasteiger partial charge on any atom is -0.234 e. The highest BCUT2D eigenvalue weighted by Gasteiger charge is 2.11. The summed E-state index contributed by atoms with van der Waals surface area (Å²) >= 11 is 9.45. The lowest BCUT2D eigenvalue weighted by molar-refractivity contribution is 0.942. The molecule has 0 saturated carbocycles. The second-order valence-electron chi connectivity index (χ2n) is 5.60. The average Bonchev–Trinajstić information content (AvgIpc) is 2.99. The van der Waals surface area contributed by atoms with E-state index in [-0.39, 0.29) is 0 Å². The number of hydrogen-bond acceptors (Lipinski definition) is 2. The van der Waals surface area contributed by atoms with E-state index >= 15 is 0 Å². The molecule has 0 bridgehead atoms. The van der Waals surface area contributed by atoms with E-state index in [9.17, 15) is 0 Å². The number of halogens is 2. The minimum absolute atomic E-state index is 0.715. The van der Waals surface area contributed by atoms with Gasteiger partial charge in [0.25, 0.3) is 0 Å². The fourth-order valence-corrected chi connectivity index (χ4v) is 3.08. The van der Waals surface area contributed by atoms with Crippen LogP contribution in [0.2, 0.25) is 5.02 Å². The van der Waals surface area contributed by atoms with Crippen LogP contribution < -0.4 is 0 Å². The smallest absolute Gasteiger partial charge is 0.156 e. The topological polar surface area (TPSA) is 30.2 Å². The van der Waals surface area contributed by atoms with Crippen LogP contribution in [0.15, 0.2) is 65.1 Å². The molecular weight excluding hydrogens is 386 g/mol. The number of benzene rings is 2. The van der Waals surface area contributed by atoms with Crippen LogP contribution in [0.5, 0.6) is 0 Å². The van der Waals surface area contributed by atoms with Gasteiger partial charge in [-0.05, 0) is 37.3 Å². The van der Waals surface area contributed by atoms with E-state index in [1.165, 1.54) is 0 Å². The van der Waals surface area contributed by atoms with E-state index in [0.717, 1.165) is 38.3 Å². The third-order valence-corrected chi connectivity index (χ3v) is 4.62. The monoisotopic (exact) mass is 397 g/mol. The summed E-state index contributed by atoms with van der Waals surface area (Å²) in [6, 6.07) is 19.9. The van der Waals surface area contributed by atoms with E-state index < -0.39 is 0 Å². The molecule has 0 atom stereocenters. The van der Waals surface area contributed by atoms with Gasteiger partial charge in [-0.2, -0.15) is 5.10 Å². The summed E-state index contributed by atoms with van der Waals surface area (Å²) < 4.78 is 2.94. The first-order valence-corrected chi connectivity index (χ1v) is 8.66. The van der Waals surface area contributed by atoms with Gasteiger partial charge < -0.3 is 0 Å². The van der Waals surface area contributed by atoms with Crippen LogP contribution in [0, 0.1) is 6.92 Å². The van der Waals surface area contributed by atoms with Crippen LogP contribution in [0.1, 0.15) is 5.69 Å². The van der Waals surface area contributed by atoms with Gasteiger partial charge in [0, 0.05) is 32.4 Å². The summed E-state index contributed by atoms with van der Waals surface area (Å²) in [5, 5.41) is 5.47. The van der Waals surface area contributed by atoms with Crippen molar-refractivity contribution in [3.63, 3.8) is 0 Å². The maximum atomic E-state index is 5.97. The molecule has 2 aromatic carbocycles. The van der Waals surface area contributed by atoms with E-state index in [4.69, 9.17) is 16.7 Å². The van der Waals surface area contributed by atoms with Crippen molar-refractivity contribution in [3.05, 3.63) is 75.9 Å². The van der Waals surface area contributed by atoms with Crippen LogP contribution in [0.3, 0.4) is 0 Å². The summed E-state index contributed by atoms with van der Waals surface area (Å²) in [7, 11) is 0. The summed E-state index contributed by atoms with van der Waals surface area (Å²) in [6.07, 6.45) is 0. The van der Waals surface area contributed by atoms with Gasteiger partial charge in [-0.25, -0.2) is 9.50 Å². The van der Waals surface area contributed by atoms with E-state index in [1.54, 1.807) is 0 Å². The van der Waals surface area contributed by atoms with E-state index in [0.29, 0.717) is 5.02 Å². The van der Waals surface area contributed by atoms with Crippen LogP contribution in [0.25, 0.3) is 28.2 Å². The summed E-state index contributed by atoms with van der Waals surface area (Å²) in [6.45, 7) is 2.00. The summed E-state index contributed by atoms with van der Waals surface area (Å²) in [5.74, 6) is 0. The van der Waals surface area contributed by atoms with Crippen LogP contribution >= 0.6 is 27.5 Å². The predicted octanol–water partition coefficient (Wildman–Crippen LogP) is 5.79. The molecule has 0 aliphatic carbocycles. The molecule has 0 saturated heterocycles. The number of nitrogens with zero attached hydrogens (tertiary/aromatic N) is 3. The van der Waals surface area contributed by atoms with E-state index in [1.807, 2.05) is 53.9 Å². The fourth-order valence-electron chi connectivity index (χ4n) is 2.69. The fraction of sp³-hybridized carbons (Fsp3) is 0.0526. The van der Waals surface area contributed by atoms with Gasteiger partial charge in [-0.3, -0.25) is 0 Å². The van der Waals surface area contributed by atoms with Gasteiger partial charge in [-0.1, -0.05) is 51.8 Å². The van der Waals surface area contributed by atoms with Crippen molar-refractivity contribution >= 4 is 33.2 Å². The average molecular weight is 399 g/mol. The van der Waals surface area contributed by atoms with Crippen molar-refractivity contribution in [1.29, 1.82) is 0 Å². The maximum absolute atomic E-state index is 5.97. The first-order chi connectivity index (χ1) is 11.6. The van der Waals surface area contributed by atoms with Gasteiger partial charge in [0.05, 0.1) is 11.4 Å². The Balaban J connectivity index is 1.91. The standard InChI is InChI=1S/C19H13BrClN3/c1-12-10-18(14-2-6-15(20)7-3-14)24-19(22-12)11-17(23-24)13-4-8-16(21)9-5-13/h2-11H,1H3. The van der Waals surface area contributed by atoms with Gasteiger partial charge in [0.2, 0.25) is 0 Å². The molecule has 118 valence electrons. The third kappa shape index (κ3) is 2.83. The highest BCUT2D eigenvalue weighted by atomic mass is 79.9. The highest BCUT2D eigenvalue weighted by molar-refractivity contribution is 9.10. The molecule has 24 heavy (non-hydrogen) atoms. The number of rotatable bonds is 2. The highest BCUT2D eigenvalue weighted by Crippen LogP contribution is 2.26. The summed E-state index contributed by atoms with van der Waals surface area (Å²) in [5.41, 5.74) is 5.80.